The van der Waals surface area contributed by atoms with Crippen LogP contribution < -0.4 is 0 Å². The van der Waals surface area contributed by atoms with Crippen LogP contribution in [-0.4, -0.2) is 0 Å². The molecule has 0 heterocycles. The molecule has 2 rings (SSSR count). The highest BCUT2D eigenvalue weighted by atomic mass is 14.2. The van der Waals surface area contributed by atoms with Crippen LogP contribution in [0, 0.1) is 0 Å². The molecule has 0 spiro atoms. The van der Waals surface area contributed by atoms with Crippen molar-refractivity contribution in [3.8, 4) is 0 Å². The summed E-state index contributed by atoms with van der Waals surface area (Å²) >= 11 is 0. The van der Waals surface area contributed by atoms with Crippen molar-refractivity contribution < 1.29 is 0 Å². The van der Waals surface area contributed by atoms with E-state index in [-0.39, 0.29) is 0 Å². The maximum atomic E-state index is 3.86. The van der Waals surface area contributed by atoms with E-state index in [0.29, 0.717) is 5.92 Å². The lowest BCUT2D eigenvalue weighted by Crippen LogP contribution is -2.03. The molecule has 0 nitrogen and oxygen atoms in total. The Morgan fingerprint density at radius 1 is 1.18 bits per heavy atom. The Kier molecular flexibility index (Phi) is 3.80. The normalized spacial score (nSPS) is 20.2. The zero-order valence-electron chi connectivity index (χ0n) is 10.3. The SMILES string of the molecule is C=C=C1C(C)=CCC=CCC1c1ccccc1. The van der Waals surface area contributed by atoms with Crippen molar-refractivity contribution in [1.29, 1.82) is 0 Å². The molecule has 1 aliphatic rings. The number of benzene rings is 1. The van der Waals surface area contributed by atoms with Crippen LogP contribution in [0.4, 0.5) is 0 Å². The summed E-state index contributed by atoms with van der Waals surface area (Å²) in [6.07, 6.45) is 8.79. The van der Waals surface area contributed by atoms with Gasteiger partial charge in [-0.2, -0.15) is 0 Å². The minimum Gasteiger partial charge on any atom is -0.124 e. The van der Waals surface area contributed by atoms with E-state index in [4.69, 9.17) is 0 Å². The second-order valence-electron chi connectivity index (χ2n) is 4.38. The molecule has 0 aromatic heterocycles. The first kappa shape index (κ1) is 11.7. The summed E-state index contributed by atoms with van der Waals surface area (Å²) in [7, 11) is 0. The number of rotatable bonds is 1. The van der Waals surface area contributed by atoms with Gasteiger partial charge in [-0.15, -0.1) is 5.73 Å². The number of hydrogen-bond donors (Lipinski definition) is 0. The summed E-state index contributed by atoms with van der Waals surface area (Å²) < 4.78 is 0. The maximum absolute atomic E-state index is 3.86. The lowest BCUT2D eigenvalue weighted by atomic mass is 9.83. The van der Waals surface area contributed by atoms with Crippen molar-refractivity contribution in [1.82, 2.24) is 0 Å². The molecule has 0 fully saturated rings. The number of hydrogen-bond acceptors (Lipinski definition) is 0. The molecule has 0 heteroatoms. The standard InChI is InChI=1S/C17H18/c1-3-16-14(2)10-6-4-9-13-17(16)15-11-7-5-8-12-15/h4-5,7-12,17H,1,6,13H2,2H3. The molecule has 1 atom stereocenters. The summed E-state index contributed by atoms with van der Waals surface area (Å²) in [5, 5.41) is 0. The van der Waals surface area contributed by atoms with Gasteiger partial charge in [-0.05, 0) is 30.9 Å². The van der Waals surface area contributed by atoms with Crippen molar-refractivity contribution in [2.75, 3.05) is 0 Å². The van der Waals surface area contributed by atoms with Gasteiger partial charge < -0.3 is 0 Å². The second-order valence-corrected chi connectivity index (χ2v) is 4.38. The summed E-state index contributed by atoms with van der Waals surface area (Å²) in [5.41, 5.74) is 7.02. The average molecular weight is 222 g/mol. The van der Waals surface area contributed by atoms with Gasteiger partial charge in [0.2, 0.25) is 0 Å². The van der Waals surface area contributed by atoms with Crippen LogP contribution >= 0.6 is 0 Å². The Morgan fingerprint density at radius 2 is 1.94 bits per heavy atom. The fourth-order valence-electron chi connectivity index (χ4n) is 2.33. The number of allylic oxidation sites excluding steroid dienone is 5. The quantitative estimate of drug-likeness (QED) is 0.474. The predicted octanol–water partition coefficient (Wildman–Crippen LogP) is 4.78. The smallest absolute Gasteiger partial charge is 0.0199 e. The Bertz CT molecular complexity index is 482. The molecule has 1 aliphatic carbocycles. The molecule has 0 radical (unpaired) electrons. The summed E-state index contributed by atoms with van der Waals surface area (Å²) in [6.45, 7) is 6.01. The summed E-state index contributed by atoms with van der Waals surface area (Å²) in [5.74, 6) is 0.390. The molecule has 1 aromatic carbocycles. The zero-order valence-corrected chi connectivity index (χ0v) is 10.3. The third-order valence-corrected chi connectivity index (χ3v) is 3.26. The van der Waals surface area contributed by atoms with Crippen molar-refractivity contribution in [2.24, 2.45) is 0 Å². The first-order valence-electron chi connectivity index (χ1n) is 6.10. The molecule has 0 amide bonds. The van der Waals surface area contributed by atoms with Crippen LogP contribution in [0.25, 0.3) is 0 Å². The minimum atomic E-state index is 0.390. The third-order valence-electron chi connectivity index (χ3n) is 3.26. The van der Waals surface area contributed by atoms with Gasteiger partial charge in [0.15, 0.2) is 0 Å². The average Bonchev–Trinajstić information content (AvgIpc) is 2.35. The van der Waals surface area contributed by atoms with Gasteiger partial charge in [-0.25, -0.2) is 0 Å². The topological polar surface area (TPSA) is 0 Å². The van der Waals surface area contributed by atoms with Gasteiger partial charge in [-0.3, -0.25) is 0 Å². The van der Waals surface area contributed by atoms with E-state index in [2.05, 4.69) is 67.8 Å². The second kappa shape index (κ2) is 5.52. The lowest BCUT2D eigenvalue weighted by molar-refractivity contribution is 0.809. The molecular weight excluding hydrogens is 204 g/mol. The molecule has 0 saturated carbocycles. The van der Waals surface area contributed by atoms with Gasteiger partial charge in [0.25, 0.3) is 0 Å². The molecule has 0 bridgehead atoms. The Labute approximate surface area is 104 Å². The first-order chi connectivity index (χ1) is 8.33. The highest BCUT2D eigenvalue weighted by Gasteiger charge is 2.17. The molecule has 86 valence electrons. The van der Waals surface area contributed by atoms with Crippen LogP contribution in [0.1, 0.15) is 31.2 Å². The van der Waals surface area contributed by atoms with Crippen LogP contribution in [0.15, 0.2) is 72.0 Å². The summed E-state index contributed by atoms with van der Waals surface area (Å²) in [4.78, 5) is 0. The van der Waals surface area contributed by atoms with E-state index in [9.17, 15) is 0 Å². The highest BCUT2D eigenvalue weighted by Crippen LogP contribution is 2.33. The minimum absolute atomic E-state index is 0.390. The van der Waals surface area contributed by atoms with Gasteiger partial charge in [-0.1, -0.05) is 55.1 Å². The molecule has 0 aliphatic heterocycles. The third kappa shape index (κ3) is 2.67. The molecule has 1 aromatic rings. The predicted molar refractivity (Wildman–Crippen MR) is 74.0 cm³/mol. The van der Waals surface area contributed by atoms with Crippen LogP contribution in [0.5, 0.6) is 0 Å². The zero-order chi connectivity index (χ0) is 12.1. The van der Waals surface area contributed by atoms with E-state index in [1.165, 1.54) is 16.7 Å². The van der Waals surface area contributed by atoms with Crippen molar-refractivity contribution in [3.05, 3.63) is 77.6 Å². The van der Waals surface area contributed by atoms with Crippen LogP contribution in [0.3, 0.4) is 0 Å². The highest BCUT2D eigenvalue weighted by molar-refractivity contribution is 5.41. The Morgan fingerprint density at radius 3 is 2.65 bits per heavy atom. The van der Waals surface area contributed by atoms with Gasteiger partial charge in [0.05, 0.1) is 0 Å². The summed E-state index contributed by atoms with van der Waals surface area (Å²) in [6, 6.07) is 10.6. The Balaban J connectivity index is 2.43. The van der Waals surface area contributed by atoms with E-state index in [1.54, 1.807) is 0 Å². The largest absolute Gasteiger partial charge is 0.124 e. The fourth-order valence-corrected chi connectivity index (χ4v) is 2.33. The van der Waals surface area contributed by atoms with Crippen LogP contribution in [-0.2, 0) is 0 Å². The van der Waals surface area contributed by atoms with E-state index < -0.39 is 0 Å². The molecule has 17 heavy (non-hydrogen) atoms. The van der Waals surface area contributed by atoms with Gasteiger partial charge in [0.1, 0.15) is 0 Å². The van der Waals surface area contributed by atoms with Gasteiger partial charge in [0, 0.05) is 11.5 Å². The Hall–Kier alpha value is -1.78. The lowest BCUT2D eigenvalue weighted by Gasteiger charge is -2.20. The first-order valence-corrected chi connectivity index (χ1v) is 6.10. The monoisotopic (exact) mass is 222 g/mol. The molecule has 1 unspecified atom stereocenters. The molecule has 0 N–H and O–H groups in total. The van der Waals surface area contributed by atoms with E-state index in [1.807, 2.05) is 0 Å². The molecule has 0 saturated heterocycles. The van der Waals surface area contributed by atoms with E-state index >= 15 is 0 Å². The van der Waals surface area contributed by atoms with Gasteiger partial charge >= 0.3 is 0 Å². The van der Waals surface area contributed by atoms with Crippen LogP contribution in [0.2, 0.25) is 0 Å². The van der Waals surface area contributed by atoms with Crippen molar-refractivity contribution in [2.45, 2.75) is 25.7 Å². The molecular formula is C17H18. The van der Waals surface area contributed by atoms with Crippen molar-refractivity contribution >= 4 is 0 Å². The fraction of sp³-hybridized carbons (Fsp3) is 0.235. The van der Waals surface area contributed by atoms with Crippen molar-refractivity contribution in [3.63, 3.8) is 0 Å². The maximum Gasteiger partial charge on any atom is 0.0199 e. The van der Waals surface area contributed by atoms with E-state index in [0.717, 1.165) is 12.8 Å².